The van der Waals surface area contributed by atoms with E-state index in [4.69, 9.17) is 4.74 Å². The molecule has 1 aliphatic carbocycles. The molecular weight excluding hydrogens is 298 g/mol. The van der Waals surface area contributed by atoms with Crippen molar-refractivity contribution < 1.29 is 13.2 Å². The Morgan fingerprint density at radius 3 is 2.59 bits per heavy atom. The lowest BCUT2D eigenvalue weighted by atomic mass is 10.1. The van der Waals surface area contributed by atoms with Crippen LogP contribution in [0.5, 0.6) is 5.75 Å². The fourth-order valence-corrected chi connectivity index (χ4v) is 3.70. The Bertz CT molecular complexity index is 742. The first-order chi connectivity index (χ1) is 10.6. The van der Waals surface area contributed by atoms with Crippen LogP contribution in [0.1, 0.15) is 17.5 Å². The van der Waals surface area contributed by atoms with E-state index in [9.17, 15) is 8.42 Å². The third kappa shape index (κ3) is 3.48. The molecule has 0 spiro atoms. The molecule has 0 amide bonds. The van der Waals surface area contributed by atoms with Crippen molar-refractivity contribution >= 4 is 10.0 Å². The molecule has 1 N–H and O–H groups in total. The number of hydrogen-bond donors (Lipinski definition) is 1. The zero-order valence-corrected chi connectivity index (χ0v) is 13.1. The van der Waals surface area contributed by atoms with Gasteiger partial charge in [0.25, 0.3) is 0 Å². The monoisotopic (exact) mass is 317 g/mol. The van der Waals surface area contributed by atoms with Crippen molar-refractivity contribution in [3.05, 3.63) is 59.7 Å². The topological polar surface area (TPSA) is 55.4 Å². The summed E-state index contributed by atoms with van der Waals surface area (Å²) < 4.78 is 32.2. The predicted molar refractivity (Wildman–Crippen MR) is 85.6 cm³/mol. The summed E-state index contributed by atoms with van der Waals surface area (Å²) in [6.07, 6.45) is 3.45. The molecule has 0 fully saturated rings. The highest BCUT2D eigenvalue weighted by molar-refractivity contribution is 7.89. The molecule has 2 aromatic carbocycles. The first-order valence-corrected chi connectivity index (χ1v) is 8.93. The second-order valence-corrected chi connectivity index (χ2v) is 7.11. The average molecular weight is 317 g/mol. The van der Waals surface area contributed by atoms with E-state index in [0.717, 1.165) is 18.6 Å². The first kappa shape index (κ1) is 15.1. The Morgan fingerprint density at radius 1 is 1.00 bits per heavy atom. The number of benzene rings is 2. The molecule has 0 saturated carbocycles. The summed E-state index contributed by atoms with van der Waals surface area (Å²) in [5.74, 6) is 0.805. The van der Waals surface area contributed by atoms with Gasteiger partial charge in [-0.25, -0.2) is 13.1 Å². The standard InChI is InChI=1S/C17H19NO3S/c19-22(20,17-7-2-1-3-8-17)18-11-12-21-16-10-9-14-5-4-6-15(14)13-16/h1-3,7-10,13,18H,4-6,11-12H2. The third-order valence-electron chi connectivity index (χ3n) is 3.79. The molecular formula is C17H19NO3S. The molecule has 3 rings (SSSR count). The maximum Gasteiger partial charge on any atom is 0.240 e. The maximum atomic E-state index is 12.0. The summed E-state index contributed by atoms with van der Waals surface area (Å²) in [4.78, 5) is 0.271. The van der Waals surface area contributed by atoms with E-state index in [2.05, 4.69) is 16.9 Å². The van der Waals surface area contributed by atoms with E-state index in [-0.39, 0.29) is 11.4 Å². The lowest BCUT2D eigenvalue weighted by Gasteiger charge is -2.09. The second kappa shape index (κ2) is 6.50. The normalized spacial score (nSPS) is 13.8. The van der Waals surface area contributed by atoms with Crippen molar-refractivity contribution in [1.82, 2.24) is 4.72 Å². The number of aryl methyl sites for hydroxylation is 2. The largest absolute Gasteiger partial charge is 0.492 e. The number of fused-ring (bicyclic) bond motifs is 1. The van der Waals surface area contributed by atoms with Crippen LogP contribution in [0.15, 0.2) is 53.4 Å². The zero-order chi connectivity index (χ0) is 15.4. The minimum absolute atomic E-state index is 0.244. The van der Waals surface area contributed by atoms with Crippen LogP contribution >= 0.6 is 0 Å². The van der Waals surface area contributed by atoms with Gasteiger partial charge >= 0.3 is 0 Å². The van der Waals surface area contributed by atoms with E-state index in [0.29, 0.717) is 6.61 Å². The van der Waals surface area contributed by atoms with Gasteiger partial charge in [0.05, 0.1) is 4.90 Å². The third-order valence-corrected chi connectivity index (χ3v) is 5.26. The number of ether oxygens (including phenoxy) is 1. The Balaban J connectivity index is 1.52. The number of hydrogen-bond acceptors (Lipinski definition) is 3. The second-order valence-electron chi connectivity index (χ2n) is 5.34. The van der Waals surface area contributed by atoms with Crippen molar-refractivity contribution in [2.45, 2.75) is 24.2 Å². The number of nitrogens with one attached hydrogen (secondary N) is 1. The highest BCUT2D eigenvalue weighted by atomic mass is 32.2. The zero-order valence-electron chi connectivity index (χ0n) is 12.3. The van der Waals surface area contributed by atoms with Crippen LogP contribution in [0.2, 0.25) is 0 Å². The highest BCUT2D eigenvalue weighted by Crippen LogP contribution is 2.25. The summed E-state index contributed by atoms with van der Waals surface area (Å²) in [6, 6.07) is 14.5. The molecule has 2 aromatic rings. The van der Waals surface area contributed by atoms with Crippen LogP contribution in [0.3, 0.4) is 0 Å². The van der Waals surface area contributed by atoms with Crippen molar-refractivity contribution in [2.75, 3.05) is 13.2 Å². The van der Waals surface area contributed by atoms with Crippen molar-refractivity contribution in [2.24, 2.45) is 0 Å². The molecule has 22 heavy (non-hydrogen) atoms. The van der Waals surface area contributed by atoms with E-state index in [1.165, 1.54) is 17.5 Å². The smallest absolute Gasteiger partial charge is 0.240 e. The highest BCUT2D eigenvalue weighted by Gasteiger charge is 2.13. The van der Waals surface area contributed by atoms with E-state index < -0.39 is 10.0 Å². The summed E-state index contributed by atoms with van der Waals surface area (Å²) in [7, 11) is -3.45. The molecule has 4 nitrogen and oxygen atoms in total. The minimum atomic E-state index is -3.45. The summed E-state index contributed by atoms with van der Waals surface area (Å²) >= 11 is 0. The molecule has 116 valence electrons. The summed E-state index contributed by atoms with van der Waals surface area (Å²) in [5.41, 5.74) is 2.75. The van der Waals surface area contributed by atoms with E-state index in [1.807, 2.05) is 6.07 Å². The fraction of sp³-hybridized carbons (Fsp3) is 0.294. The van der Waals surface area contributed by atoms with Gasteiger partial charge in [0, 0.05) is 6.54 Å². The Hall–Kier alpha value is -1.85. The fourth-order valence-electron chi connectivity index (χ4n) is 2.67. The van der Waals surface area contributed by atoms with Crippen LogP contribution in [0.25, 0.3) is 0 Å². The van der Waals surface area contributed by atoms with Crippen molar-refractivity contribution in [3.8, 4) is 5.75 Å². The minimum Gasteiger partial charge on any atom is -0.492 e. The summed E-state index contributed by atoms with van der Waals surface area (Å²) in [6.45, 7) is 0.555. The molecule has 1 aliphatic rings. The van der Waals surface area contributed by atoms with Gasteiger partial charge in [0.15, 0.2) is 0 Å². The molecule has 0 heterocycles. The van der Waals surface area contributed by atoms with Crippen LogP contribution < -0.4 is 9.46 Å². The molecule has 0 atom stereocenters. The number of rotatable bonds is 6. The Morgan fingerprint density at radius 2 is 1.77 bits per heavy atom. The van der Waals surface area contributed by atoms with Crippen LogP contribution in [-0.4, -0.2) is 21.6 Å². The van der Waals surface area contributed by atoms with Crippen LogP contribution in [0, 0.1) is 0 Å². The van der Waals surface area contributed by atoms with Crippen molar-refractivity contribution in [1.29, 1.82) is 0 Å². The first-order valence-electron chi connectivity index (χ1n) is 7.44. The Kier molecular flexibility index (Phi) is 4.45. The van der Waals surface area contributed by atoms with Gasteiger partial charge in [-0.2, -0.15) is 0 Å². The van der Waals surface area contributed by atoms with Gasteiger partial charge in [-0.3, -0.25) is 0 Å². The molecule has 0 bridgehead atoms. The molecule has 0 radical (unpaired) electrons. The number of sulfonamides is 1. The lowest BCUT2D eigenvalue weighted by molar-refractivity contribution is 0.322. The quantitative estimate of drug-likeness (QED) is 0.833. The average Bonchev–Trinajstić information content (AvgIpc) is 3.00. The lowest BCUT2D eigenvalue weighted by Crippen LogP contribution is -2.28. The molecule has 0 aliphatic heterocycles. The van der Waals surface area contributed by atoms with Crippen molar-refractivity contribution in [3.63, 3.8) is 0 Å². The van der Waals surface area contributed by atoms with Gasteiger partial charge in [0.2, 0.25) is 10.0 Å². The van der Waals surface area contributed by atoms with E-state index >= 15 is 0 Å². The summed E-state index contributed by atoms with van der Waals surface area (Å²) in [5, 5.41) is 0. The molecule has 5 heteroatoms. The SMILES string of the molecule is O=S(=O)(NCCOc1ccc2c(c1)CCC2)c1ccccc1. The van der Waals surface area contributed by atoms with Gasteiger partial charge < -0.3 is 4.74 Å². The van der Waals surface area contributed by atoms with E-state index in [1.54, 1.807) is 30.3 Å². The Labute approximate surface area is 131 Å². The predicted octanol–water partition coefficient (Wildman–Crippen LogP) is 2.53. The van der Waals surface area contributed by atoms with Gasteiger partial charge in [-0.1, -0.05) is 24.3 Å². The van der Waals surface area contributed by atoms with Crippen LogP contribution in [0.4, 0.5) is 0 Å². The van der Waals surface area contributed by atoms with Gasteiger partial charge in [0.1, 0.15) is 12.4 Å². The van der Waals surface area contributed by atoms with Crippen LogP contribution in [-0.2, 0) is 22.9 Å². The maximum absolute atomic E-state index is 12.0. The molecule has 0 aromatic heterocycles. The van der Waals surface area contributed by atoms with Gasteiger partial charge in [-0.15, -0.1) is 0 Å². The van der Waals surface area contributed by atoms with Gasteiger partial charge in [-0.05, 0) is 54.7 Å². The molecule has 0 saturated heterocycles. The molecule has 0 unspecified atom stereocenters.